The molecule has 0 spiro atoms. The molecule has 0 saturated heterocycles. The number of thiocarbonyl (C=S) groups is 1. The molecule has 108 valence electrons. The number of nitrogens with two attached hydrogens (primary N) is 1. The minimum Gasteiger partial charge on any atom is -0.382 e. The van der Waals surface area contributed by atoms with Crippen LogP contribution < -0.4 is 5.73 Å². The lowest BCUT2D eigenvalue weighted by atomic mass is 10.2. The van der Waals surface area contributed by atoms with Crippen LogP contribution in [0.25, 0.3) is 0 Å². The summed E-state index contributed by atoms with van der Waals surface area (Å²) in [7, 11) is 1.80. The van der Waals surface area contributed by atoms with Crippen molar-refractivity contribution in [3.63, 3.8) is 0 Å². The number of thioether (sulfide) groups is 1. The van der Waals surface area contributed by atoms with Crippen LogP contribution in [-0.4, -0.2) is 27.2 Å². The van der Waals surface area contributed by atoms with E-state index in [1.54, 1.807) is 36.2 Å². The molecule has 0 aliphatic heterocycles. The molecule has 0 atom stereocenters. The summed E-state index contributed by atoms with van der Waals surface area (Å²) in [6.45, 7) is 0. The average Bonchev–Trinajstić information content (AvgIpc) is 2.54. The zero-order chi connectivity index (χ0) is 15.1. The van der Waals surface area contributed by atoms with Crippen molar-refractivity contribution in [2.75, 3.05) is 7.05 Å². The first-order valence-electron chi connectivity index (χ1n) is 6.35. The topological polar surface area (TPSA) is 54.5 Å². The van der Waals surface area contributed by atoms with Crippen molar-refractivity contribution in [1.82, 2.24) is 9.99 Å². The molecule has 0 amide bonds. The largest absolute Gasteiger partial charge is 0.382 e. The average molecular weight is 316 g/mol. The van der Waals surface area contributed by atoms with Crippen molar-refractivity contribution in [2.24, 2.45) is 10.8 Å². The zero-order valence-electron chi connectivity index (χ0n) is 11.6. The van der Waals surface area contributed by atoms with E-state index in [1.807, 2.05) is 30.3 Å². The number of benzene rings is 1. The van der Waals surface area contributed by atoms with E-state index < -0.39 is 0 Å². The maximum absolute atomic E-state index is 5.95. The van der Waals surface area contributed by atoms with E-state index in [1.165, 1.54) is 5.56 Å². The smallest absolute Gasteiger partial charge is 0.156 e. The van der Waals surface area contributed by atoms with Gasteiger partial charge in [0.1, 0.15) is 0 Å². The molecule has 2 N–H and O–H groups in total. The van der Waals surface area contributed by atoms with Crippen molar-refractivity contribution in [2.45, 2.75) is 5.75 Å². The van der Waals surface area contributed by atoms with Crippen LogP contribution in [0.5, 0.6) is 0 Å². The number of rotatable bonds is 4. The first kappa shape index (κ1) is 15.5. The Kier molecular flexibility index (Phi) is 5.71. The molecule has 6 heteroatoms. The van der Waals surface area contributed by atoms with Crippen molar-refractivity contribution in [3.8, 4) is 0 Å². The van der Waals surface area contributed by atoms with Gasteiger partial charge in [0.2, 0.25) is 0 Å². The summed E-state index contributed by atoms with van der Waals surface area (Å²) in [5.41, 5.74) is 8.01. The van der Waals surface area contributed by atoms with E-state index in [4.69, 9.17) is 18.0 Å². The first-order valence-corrected chi connectivity index (χ1v) is 7.75. The molecule has 1 aromatic carbocycles. The number of hydrogen-bond donors (Lipinski definition) is 1. The van der Waals surface area contributed by atoms with Gasteiger partial charge < -0.3 is 5.73 Å². The fraction of sp³-hybridized carbons (Fsp3) is 0.133. The zero-order valence-corrected chi connectivity index (χ0v) is 13.3. The van der Waals surface area contributed by atoms with Gasteiger partial charge in [0.05, 0.1) is 0 Å². The molecular weight excluding hydrogens is 300 g/mol. The molecular formula is C15H16N4S2. The summed E-state index contributed by atoms with van der Waals surface area (Å²) in [5.74, 6) is 1.23. The lowest BCUT2D eigenvalue weighted by molar-refractivity contribution is 0.564. The van der Waals surface area contributed by atoms with Gasteiger partial charge in [-0.05, 0) is 17.7 Å². The van der Waals surface area contributed by atoms with E-state index in [2.05, 4.69) is 22.2 Å². The molecule has 4 nitrogen and oxygen atoms in total. The molecule has 0 fully saturated rings. The fourth-order valence-electron chi connectivity index (χ4n) is 1.60. The summed E-state index contributed by atoms with van der Waals surface area (Å²) < 4.78 is 0.677. The first-order chi connectivity index (χ1) is 10.2. The molecule has 0 radical (unpaired) electrons. The molecule has 2 rings (SSSR count). The van der Waals surface area contributed by atoms with Crippen LogP contribution in [-0.2, 0) is 5.75 Å². The monoisotopic (exact) mass is 316 g/mol. The summed E-state index contributed by atoms with van der Waals surface area (Å²) in [6, 6.07) is 13.8. The Balaban J connectivity index is 1.93. The highest BCUT2D eigenvalue weighted by Crippen LogP contribution is 2.16. The van der Waals surface area contributed by atoms with Crippen LogP contribution in [0.2, 0.25) is 0 Å². The quantitative estimate of drug-likeness (QED) is 0.407. The standard InChI is InChI=1S/C15H16N4S2/c1-19(18-14(16)13-7-9-17-10-8-13)15(20)21-11-12-5-3-2-4-6-12/h2-10H,11H2,1H3,(H2,16,18). The predicted octanol–water partition coefficient (Wildman–Crippen LogP) is 2.85. The lowest BCUT2D eigenvalue weighted by Crippen LogP contribution is -2.23. The van der Waals surface area contributed by atoms with E-state index in [0.29, 0.717) is 10.2 Å². The molecule has 1 aromatic heterocycles. The third kappa shape index (κ3) is 4.84. The number of hydrogen-bond acceptors (Lipinski definition) is 4. The maximum atomic E-state index is 5.95. The van der Waals surface area contributed by atoms with Gasteiger partial charge in [-0.1, -0.05) is 54.3 Å². The van der Waals surface area contributed by atoms with Crippen LogP contribution in [0.4, 0.5) is 0 Å². The van der Waals surface area contributed by atoms with Gasteiger partial charge in [0, 0.05) is 30.8 Å². The molecule has 1 heterocycles. The van der Waals surface area contributed by atoms with Gasteiger partial charge in [-0.25, -0.2) is 5.01 Å². The Morgan fingerprint density at radius 2 is 1.90 bits per heavy atom. The highest BCUT2D eigenvalue weighted by molar-refractivity contribution is 8.22. The van der Waals surface area contributed by atoms with E-state index in [9.17, 15) is 0 Å². The van der Waals surface area contributed by atoms with Gasteiger partial charge in [-0.15, -0.1) is 0 Å². The molecule has 0 saturated carbocycles. The second-order valence-corrected chi connectivity index (χ2v) is 5.89. The molecule has 0 aliphatic rings. The number of pyridine rings is 1. The summed E-state index contributed by atoms with van der Waals surface area (Å²) in [4.78, 5) is 3.95. The van der Waals surface area contributed by atoms with Crippen LogP contribution in [0.15, 0.2) is 60.0 Å². The number of aromatic nitrogens is 1. The Labute approximate surface area is 134 Å². The second-order valence-electron chi connectivity index (χ2n) is 4.28. The summed E-state index contributed by atoms with van der Waals surface area (Å²) >= 11 is 6.92. The summed E-state index contributed by atoms with van der Waals surface area (Å²) in [5, 5.41) is 5.92. The van der Waals surface area contributed by atoms with Gasteiger partial charge in [-0.3, -0.25) is 4.98 Å². The fourth-order valence-corrected chi connectivity index (χ4v) is 2.52. The van der Waals surface area contributed by atoms with Crippen molar-refractivity contribution in [1.29, 1.82) is 0 Å². The Morgan fingerprint density at radius 3 is 2.57 bits per heavy atom. The van der Waals surface area contributed by atoms with E-state index in [0.717, 1.165) is 11.3 Å². The lowest BCUT2D eigenvalue weighted by Gasteiger charge is -2.14. The third-order valence-electron chi connectivity index (χ3n) is 2.70. The molecule has 21 heavy (non-hydrogen) atoms. The van der Waals surface area contributed by atoms with Crippen LogP contribution in [0.1, 0.15) is 11.1 Å². The minimum atomic E-state index is 0.419. The normalized spacial score (nSPS) is 11.2. The minimum absolute atomic E-state index is 0.419. The van der Waals surface area contributed by atoms with Crippen molar-refractivity contribution >= 4 is 34.1 Å². The molecule has 0 aliphatic carbocycles. The Hall–Kier alpha value is -1.92. The molecule has 0 bridgehead atoms. The third-order valence-corrected chi connectivity index (χ3v) is 4.31. The number of amidine groups is 1. The van der Waals surface area contributed by atoms with Gasteiger partial charge in [-0.2, -0.15) is 5.10 Å². The van der Waals surface area contributed by atoms with Crippen LogP contribution >= 0.6 is 24.0 Å². The van der Waals surface area contributed by atoms with Gasteiger partial charge in [0.25, 0.3) is 0 Å². The summed E-state index contributed by atoms with van der Waals surface area (Å²) in [6.07, 6.45) is 3.36. The van der Waals surface area contributed by atoms with Crippen LogP contribution in [0.3, 0.4) is 0 Å². The number of nitrogens with zero attached hydrogens (tertiary/aromatic N) is 3. The Bertz CT molecular complexity index is 614. The highest BCUT2D eigenvalue weighted by atomic mass is 32.2. The maximum Gasteiger partial charge on any atom is 0.156 e. The SMILES string of the molecule is CN(/N=C(\N)c1ccncc1)C(=S)SCc1ccccc1. The Morgan fingerprint density at radius 1 is 1.24 bits per heavy atom. The molecule has 2 aromatic rings. The molecule has 0 unspecified atom stereocenters. The second kappa shape index (κ2) is 7.75. The van der Waals surface area contributed by atoms with Gasteiger partial charge in [0.15, 0.2) is 10.2 Å². The van der Waals surface area contributed by atoms with E-state index in [-0.39, 0.29) is 0 Å². The number of hydrazone groups is 1. The van der Waals surface area contributed by atoms with Crippen molar-refractivity contribution in [3.05, 3.63) is 66.0 Å². The van der Waals surface area contributed by atoms with Gasteiger partial charge >= 0.3 is 0 Å². The highest BCUT2D eigenvalue weighted by Gasteiger charge is 2.06. The van der Waals surface area contributed by atoms with E-state index >= 15 is 0 Å². The predicted molar refractivity (Wildman–Crippen MR) is 93.1 cm³/mol. The van der Waals surface area contributed by atoms with Crippen LogP contribution in [0, 0.1) is 0 Å². The van der Waals surface area contributed by atoms with Crippen molar-refractivity contribution < 1.29 is 0 Å².